The molecule has 3 rings (SSSR count). The van der Waals surface area contributed by atoms with Crippen LogP contribution in [0.25, 0.3) is 0 Å². The molecule has 2 aromatic carbocycles. The molecule has 1 aliphatic rings. The third kappa shape index (κ3) is 3.91. The summed E-state index contributed by atoms with van der Waals surface area (Å²) in [6.07, 6.45) is 0.749. The summed E-state index contributed by atoms with van der Waals surface area (Å²) in [7, 11) is 0. The maximum absolute atomic E-state index is 12.2. The molecule has 0 saturated carbocycles. The number of hydrogen-bond donors (Lipinski definition) is 2. The molecule has 1 unspecified atom stereocenters. The number of amides is 2. The largest absolute Gasteiger partial charge is 0.353 e. The summed E-state index contributed by atoms with van der Waals surface area (Å²) in [6, 6.07) is 14.9. The van der Waals surface area contributed by atoms with E-state index in [4.69, 9.17) is 11.6 Å². The van der Waals surface area contributed by atoms with Crippen LogP contribution in [0.3, 0.4) is 0 Å². The predicted molar refractivity (Wildman–Crippen MR) is 96.6 cm³/mol. The van der Waals surface area contributed by atoms with Gasteiger partial charge in [0.25, 0.3) is 5.91 Å². The summed E-state index contributed by atoms with van der Waals surface area (Å²) in [5.74, 6) is -0.235. The Morgan fingerprint density at radius 3 is 2.54 bits per heavy atom. The van der Waals surface area contributed by atoms with Crippen molar-refractivity contribution in [3.05, 3.63) is 64.7 Å². The maximum Gasteiger partial charge on any atom is 0.252 e. The molecule has 2 N–H and O–H groups in total. The number of nitrogens with one attached hydrogen (secondary N) is 2. The van der Waals surface area contributed by atoms with Gasteiger partial charge in [-0.15, -0.1) is 11.8 Å². The number of fused-ring (bicyclic) bond motifs is 1. The van der Waals surface area contributed by atoms with Gasteiger partial charge in [0.1, 0.15) is 0 Å². The van der Waals surface area contributed by atoms with E-state index in [2.05, 4.69) is 16.7 Å². The molecule has 4 nitrogen and oxygen atoms in total. The Morgan fingerprint density at radius 1 is 1.04 bits per heavy atom. The topological polar surface area (TPSA) is 58.2 Å². The molecule has 0 aliphatic carbocycles. The highest BCUT2D eigenvalue weighted by atomic mass is 35.5. The quantitative estimate of drug-likeness (QED) is 0.806. The average Bonchev–Trinajstić information content (AvgIpc) is 3.03. The second-order valence-electron chi connectivity index (χ2n) is 5.45. The van der Waals surface area contributed by atoms with Gasteiger partial charge in [-0.2, -0.15) is 0 Å². The minimum Gasteiger partial charge on any atom is -0.353 e. The number of halogens is 1. The Labute approximate surface area is 150 Å². The second-order valence-corrected chi connectivity index (χ2v) is 7.10. The van der Waals surface area contributed by atoms with Crippen LogP contribution in [0, 0.1) is 0 Å². The zero-order chi connectivity index (χ0) is 16.9. The van der Waals surface area contributed by atoms with Gasteiger partial charge in [0.05, 0.1) is 15.8 Å². The highest BCUT2D eigenvalue weighted by molar-refractivity contribution is 8.01. The monoisotopic (exact) mass is 360 g/mol. The zero-order valence-corrected chi connectivity index (χ0v) is 14.5. The zero-order valence-electron chi connectivity index (χ0n) is 12.9. The maximum atomic E-state index is 12.2. The van der Waals surface area contributed by atoms with E-state index in [0.29, 0.717) is 23.7 Å². The van der Waals surface area contributed by atoms with E-state index >= 15 is 0 Å². The van der Waals surface area contributed by atoms with Crippen molar-refractivity contribution in [2.75, 3.05) is 13.1 Å². The summed E-state index contributed by atoms with van der Waals surface area (Å²) >= 11 is 7.57. The van der Waals surface area contributed by atoms with E-state index in [1.54, 1.807) is 36.0 Å². The lowest BCUT2D eigenvalue weighted by Gasteiger charge is -2.11. The first-order valence-electron chi connectivity index (χ1n) is 7.70. The fraction of sp³-hybridized carbons (Fsp3) is 0.222. The molecule has 124 valence electrons. The minimum absolute atomic E-state index is 0.00296. The predicted octanol–water partition coefficient (Wildman–Crippen LogP) is 2.90. The smallest absolute Gasteiger partial charge is 0.252 e. The van der Waals surface area contributed by atoms with Crippen LogP contribution < -0.4 is 10.6 Å². The second kappa shape index (κ2) is 7.73. The Kier molecular flexibility index (Phi) is 5.43. The van der Waals surface area contributed by atoms with E-state index in [-0.39, 0.29) is 17.1 Å². The van der Waals surface area contributed by atoms with Crippen LogP contribution in [0.5, 0.6) is 0 Å². The molecule has 0 saturated heterocycles. The van der Waals surface area contributed by atoms with Gasteiger partial charge in [0, 0.05) is 18.0 Å². The van der Waals surface area contributed by atoms with Crippen LogP contribution >= 0.6 is 23.4 Å². The van der Waals surface area contributed by atoms with Gasteiger partial charge in [-0.3, -0.25) is 9.59 Å². The lowest BCUT2D eigenvalue weighted by Crippen LogP contribution is -2.38. The summed E-state index contributed by atoms with van der Waals surface area (Å²) in [5.41, 5.74) is 1.65. The van der Waals surface area contributed by atoms with E-state index in [1.165, 1.54) is 10.5 Å². The highest BCUT2D eigenvalue weighted by Crippen LogP contribution is 2.36. The lowest BCUT2D eigenvalue weighted by atomic mass is 10.1. The molecular weight excluding hydrogens is 344 g/mol. The van der Waals surface area contributed by atoms with Gasteiger partial charge in [0.2, 0.25) is 5.91 Å². The van der Waals surface area contributed by atoms with Crippen LogP contribution in [-0.2, 0) is 11.2 Å². The summed E-state index contributed by atoms with van der Waals surface area (Å²) < 4.78 is 0. The van der Waals surface area contributed by atoms with Crippen LogP contribution in [0.4, 0.5) is 0 Å². The van der Waals surface area contributed by atoms with E-state index in [9.17, 15) is 9.59 Å². The van der Waals surface area contributed by atoms with Crippen LogP contribution in [0.1, 0.15) is 15.9 Å². The van der Waals surface area contributed by atoms with Crippen molar-refractivity contribution in [3.63, 3.8) is 0 Å². The fourth-order valence-corrected chi connectivity index (χ4v) is 3.99. The SMILES string of the molecule is O=C(NCCNC(=O)C1Cc2ccccc2S1)c1ccccc1Cl. The fourth-order valence-electron chi connectivity index (χ4n) is 2.54. The van der Waals surface area contributed by atoms with E-state index in [1.807, 2.05) is 18.2 Å². The van der Waals surface area contributed by atoms with Crippen molar-refractivity contribution in [1.29, 1.82) is 0 Å². The van der Waals surface area contributed by atoms with Gasteiger partial charge >= 0.3 is 0 Å². The third-order valence-electron chi connectivity index (χ3n) is 3.77. The average molecular weight is 361 g/mol. The number of carbonyl (C=O) groups excluding carboxylic acids is 2. The van der Waals surface area contributed by atoms with Crippen molar-refractivity contribution < 1.29 is 9.59 Å². The van der Waals surface area contributed by atoms with Crippen molar-refractivity contribution in [2.45, 2.75) is 16.6 Å². The minimum atomic E-state index is -0.238. The van der Waals surface area contributed by atoms with Crippen molar-refractivity contribution in [3.8, 4) is 0 Å². The molecule has 0 spiro atoms. The first kappa shape index (κ1) is 16.9. The first-order valence-corrected chi connectivity index (χ1v) is 8.96. The Bertz CT molecular complexity index is 741. The standard InChI is InChI=1S/C18H17ClN2O2S/c19-14-7-3-2-6-13(14)17(22)20-9-10-21-18(23)16-11-12-5-1-4-8-15(12)24-16/h1-8,16H,9-11H2,(H,20,22)(H,21,23). The van der Waals surface area contributed by atoms with Gasteiger partial charge in [-0.1, -0.05) is 41.9 Å². The van der Waals surface area contributed by atoms with Crippen molar-refractivity contribution >= 4 is 35.2 Å². The molecule has 2 amide bonds. The van der Waals surface area contributed by atoms with Crippen molar-refractivity contribution in [2.24, 2.45) is 0 Å². The van der Waals surface area contributed by atoms with Gasteiger partial charge < -0.3 is 10.6 Å². The summed E-state index contributed by atoms with van der Waals surface area (Å²) in [5, 5.41) is 5.95. The van der Waals surface area contributed by atoms with Crippen LogP contribution in [0.15, 0.2) is 53.4 Å². The first-order chi connectivity index (χ1) is 11.6. The number of hydrogen-bond acceptors (Lipinski definition) is 3. The Hall–Kier alpha value is -1.98. The number of rotatable bonds is 5. The Morgan fingerprint density at radius 2 is 1.75 bits per heavy atom. The van der Waals surface area contributed by atoms with Gasteiger partial charge in [0.15, 0.2) is 0 Å². The number of carbonyl (C=O) groups is 2. The van der Waals surface area contributed by atoms with Gasteiger partial charge in [-0.25, -0.2) is 0 Å². The summed E-state index contributed by atoms with van der Waals surface area (Å²) in [4.78, 5) is 25.4. The molecule has 0 radical (unpaired) electrons. The highest BCUT2D eigenvalue weighted by Gasteiger charge is 2.27. The molecular formula is C18H17ClN2O2S. The summed E-state index contributed by atoms with van der Waals surface area (Å²) in [6.45, 7) is 0.753. The molecule has 0 fully saturated rings. The van der Waals surface area contributed by atoms with Gasteiger partial charge in [-0.05, 0) is 30.2 Å². The molecule has 2 aromatic rings. The van der Waals surface area contributed by atoms with Crippen LogP contribution in [-0.4, -0.2) is 30.2 Å². The molecule has 0 bridgehead atoms. The molecule has 0 aromatic heterocycles. The molecule has 1 heterocycles. The molecule has 24 heavy (non-hydrogen) atoms. The van der Waals surface area contributed by atoms with E-state index in [0.717, 1.165) is 6.42 Å². The third-order valence-corrected chi connectivity index (χ3v) is 5.41. The molecule has 6 heteroatoms. The number of benzene rings is 2. The molecule has 1 atom stereocenters. The molecule has 1 aliphatic heterocycles. The lowest BCUT2D eigenvalue weighted by molar-refractivity contribution is -0.120. The Balaban J connectivity index is 1.42. The van der Waals surface area contributed by atoms with Crippen molar-refractivity contribution in [1.82, 2.24) is 10.6 Å². The normalized spacial score (nSPS) is 15.6. The number of thioether (sulfide) groups is 1. The van der Waals surface area contributed by atoms with Crippen LogP contribution in [0.2, 0.25) is 5.02 Å². The van der Waals surface area contributed by atoms with E-state index < -0.39 is 0 Å².